The van der Waals surface area contributed by atoms with E-state index >= 15 is 0 Å². The van der Waals surface area contributed by atoms with E-state index in [1.54, 1.807) is 30.2 Å². The lowest BCUT2D eigenvalue weighted by Gasteiger charge is -1.96. The summed E-state index contributed by atoms with van der Waals surface area (Å²) in [4.78, 5) is 13.7. The highest BCUT2D eigenvalue weighted by atomic mass is 16.5. The van der Waals surface area contributed by atoms with Gasteiger partial charge in [-0.2, -0.15) is 0 Å². The Morgan fingerprint density at radius 3 is 3.09 bits per heavy atom. The maximum Gasteiger partial charge on any atom is 0.348 e. The first kappa shape index (κ1) is 7.78. The van der Waals surface area contributed by atoms with Crippen LogP contribution in [-0.2, 0) is 16.1 Å². The van der Waals surface area contributed by atoms with E-state index in [-0.39, 0.29) is 12.5 Å². The Kier molecular flexibility index (Phi) is 2.66. The van der Waals surface area contributed by atoms with Crippen molar-refractivity contribution in [2.24, 2.45) is 0 Å². The van der Waals surface area contributed by atoms with Gasteiger partial charge in [-0.1, -0.05) is 0 Å². The average molecular weight is 155 g/mol. The number of rotatable bonds is 3. The molecule has 0 spiro atoms. The largest absolute Gasteiger partial charge is 0.463 e. The number of hydrogen-bond acceptors (Lipinski definition) is 2. The Labute approximate surface area is 64.8 Å². The van der Waals surface area contributed by atoms with Crippen molar-refractivity contribution in [2.75, 3.05) is 6.61 Å². The van der Waals surface area contributed by atoms with Crippen LogP contribution >= 0.6 is 0 Å². The zero-order valence-corrected chi connectivity index (χ0v) is 6.41. The third-order valence-electron chi connectivity index (χ3n) is 1.22. The van der Waals surface area contributed by atoms with Gasteiger partial charge in [0.15, 0.2) is 6.54 Å². The predicted octanol–water partition coefficient (Wildman–Crippen LogP) is -0.135. The van der Waals surface area contributed by atoms with E-state index in [1.807, 2.05) is 0 Å². The molecule has 0 aliphatic carbocycles. The monoisotopic (exact) mass is 155 g/mol. The van der Waals surface area contributed by atoms with E-state index in [0.717, 1.165) is 0 Å². The number of esters is 1. The lowest BCUT2D eigenvalue weighted by molar-refractivity contribution is -0.684. The Balaban J connectivity index is 2.37. The lowest BCUT2D eigenvalue weighted by atomic mass is 10.6. The van der Waals surface area contributed by atoms with Crippen molar-refractivity contribution in [3.63, 3.8) is 0 Å². The lowest BCUT2D eigenvalue weighted by Crippen LogP contribution is -2.36. The number of ether oxygens (including phenoxy) is 1. The third-order valence-corrected chi connectivity index (χ3v) is 1.22. The summed E-state index contributed by atoms with van der Waals surface area (Å²) >= 11 is 0. The van der Waals surface area contributed by atoms with Gasteiger partial charge in [0.2, 0.25) is 6.33 Å². The summed E-state index contributed by atoms with van der Waals surface area (Å²) in [5, 5.41) is 0. The molecular formula is C7H11N2O2+. The van der Waals surface area contributed by atoms with Crippen molar-refractivity contribution in [2.45, 2.75) is 13.5 Å². The molecule has 0 radical (unpaired) electrons. The van der Waals surface area contributed by atoms with Crippen LogP contribution in [0.2, 0.25) is 0 Å². The van der Waals surface area contributed by atoms with Crippen molar-refractivity contribution < 1.29 is 14.1 Å². The van der Waals surface area contributed by atoms with E-state index < -0.39 is 0 Å². The number of H-pyrrole nitrogens is 1. The Morgan fingerprint density at radius 2 is 2.55 bits per heavy atom. The van der Waals surface area contributed by atoms with Gasteiger partial charge < -0.3 is 4.74 Å². The molecule has 1 rings (SSSR count). The summed E-state index contributed by atoms with van der Waals surface area (Å²) in [6, 6.07) is 0. The highest BCUT2D eigenvalue weighted by Crippen LogP contribution is 1.77. The topological polar surface area (TPSA) is 46.0 Å². The Hall–Kier alpha value is -1.32. The van der Waals surface area contributed by atoms with Gasteiger partial charge in [-0.15, -0.1) is 0 Å². The molecule has 0 fully saturated rings. The summed E-state index contributed by atoms with van der Waals surface area (Å²) in [7, 11) is 0. The molecule has 0 atom stereocenters. The number of aromatic amines is 1. The van der Waals surface area contributed by atoms with Gasteiger partial charge in [-0.3, -0.25) is 4.98 Å². The highest BCUT2D eigenvalue weighted by Gasteiger charge is 2.05. The molecule has 1 heterocycles. The average Bonchev–Trinajstić information content (AvgIpc) is 2.40. The van der Waals surface area contributed by atoms with Crippen LogP contribution in [0.25, 0.3) is 0 Å². The van der Waals surface area contributed by atoms with Crippen LogP contribution in [-0.4, -0.2) is 17.6 Å². The fourth-order valence-corrected chi connectivity index (χ4v) is 0.775. The van der Waals surface area contributed by atoms with Crippen molar-refractivity contribution in [1.29, 1.82) is 0 Å². The molecule has 4 heteroatoms. The van der Waals surface area contributed by atoms with Gasteiger partial charge in [0, 0.05) is 0 Å². The molecular weight excluding hydrogens is 144 g/mol. The third kappa shape index (κ3) is 2.41. The first-order valence-corrected chi connectivity index (χ1v) is 3.50. The molecule has 60 valence electrons. The van der Waals surface area contributed by atoms with Crippen molar-refractivity contribution in [3.8, 4) is 0 Å². The molecule has 1 aromatic heterocycles. The summed E-state index contributed by atoms with van der Waals surface area (Å²) in [6.07, 6.45) is 5.23. The number of carbonyl (C=O) groups excluding carboxylic acids is 1. The number of nitrogens with zero attached hydrogens (tertiary/aromatic N) is 1. The summed E-state index contributed by atoms with van der Waals surface area (Å²) in [5.41, 5.74) is 0. The van der Waals surface area contributed by atoms with E-state index in [4.69, 9.17) is 4.74 Å². The zero-order valence-electron chi connectivity index (χ0n) is 6.41. The number of aromatic nitrogens is 2. The molecule has 0 unspecified atom stereocenters. The fourth-order valence-electron chi connectivity index (χ4n) is 0.775. The second-order valence-corrected chi connectivity index (χ2v) is 2.09. The Bertz CT molecular complexity index is 218. The molecule has 0 bridgehead atoms. The molecule has 0 saturated heterocycles. The summed E-state index contributed by atoms with van der Waals surface area (Å²) in [6.45, 7) is 2.50. The number of imidazole rings is 1. The number of hydrogen-bond donors (Lipinski definition) is 1. The van der Waals surface area contributed by atoms with Crippen LogP contribution < -0.4 is 4.57 Å². The minimum Gasteiger partial charge on any atom is -0.463 e. The minimum absolute atomic E-state index is 0.211. The van der Waals surface area contributed by atoms with E-state index in [2.05, 4.69) is 4.98 Å². The zero-order chi connectivity index (χ0) is 8.10. The second-order valence-electron chi connectivity index (χ2n) is 2.09. The second kappa shape index (κ2) is 3.75. The fraction of sp³-hybridized carbons (Fsp3) is 0.429. The van der Waals surface area contributed by atoms with Crippen LogP contribution in [0.3, 0.4) is 0 Å². The van der Waals surface area contributed by atoms with Gasteiger partial charge in [-0.25, -0.2) is 9.36 Å². The summed E-state index contributed by atoms with van der Waals surface area (Å²) in [5.74, 6) is -0.211. The maximum atomic E-state index is 10.9. The number of nitrogens with one attached hydrogen (secondary N) is 1. The summed E-state index contributed by atoms with van der Waals surface area (Å²) < 4.78 is 6.46. The molecule has 1 aromatic rings. The van der Waals surface area contributed by atoms with Crippen molar-refractivity contribution in [1.82, 2.24) is 4.98 Å². The van der Waals surface area contributed by atoms with Crippen LogP contribution in [0, 0.1) is 0 Å². The first-order chi connectivity index (χ1) is 5.33. The van der Waals surface area contributed by atoms with Crippen LogP contribution in [0.1, 0.15) is 6.92 Å². The predicted molar refractivity (Wildman–Crippen MR) is 37.6 cm³/mol. The number of carbonyl (C=O) groups is 1. The Morgan fingerprint density at radius 1 is 1.73 bits per heavy atom. The van der Waals surface area contributed by atoms with E-state index in [1.165, 1.54) is 0 Å². The SMILES string of the molecule is CCOC(=O)C[n+]1cc[nH]c1. The van der Waals surface area contributed by atoms with E-state index in [0.29, 0.717) is 6.61 Å². The highest BCUT2D eigenvalue weighted by molar-refractivity contribution is 5.67. The van der Waals surface area contributed by atoms with Gasteiger partial charge in [-0.05, 0) is 6.92 Å². The standard InChI is InChI=1S/C7H10N2O2/c1-2-11-7(10)5-9-4-3-8-6-9/h3-4,6H,2,5H2,1H3/p+1. The molecule has 0 aliphatic rings. The van der Waals surface area contributed by atoms with Gasteiger partial charge in [0.25, 0.3) is 0 Å². The maximum absolute atomic E-state index is 10.9. The normalized spacial score (nSPS) is 9.55. The van der Waals surface area contributed by atoms with Crippen LogP contribution in [0.4, 0.5) is 0 Å². The molecule has 0 amide bonds. The molecule has 0 aliphatic heterocycles. The van der Waals surface area contributed by atoms with E-state index in [9.17, 15) is 4.79 Å². The molecule has 11 heavy (non-hydrogen) atoms. The van der Waals surface area contributed by atoms with Crippen molar-refractivity contribution >= 4 is 5.97 Å². The van der Waals surface area contributed by atoms with Crippen LogP contribution in [0.15, 0.2) is 18.7 Å². The molecule has 4 nitrogen and oxygen atoms in total. The van der Waals surface area contributed by atoms with Gasteiger partial charge in [0.05, 0.1) is 6.61 Å². The molecule has 0 aromatic carbocycles. The van der Waals surface area contributed by atoms with Gasteiger partial charge >= 0.3 is 5.97 Å². The van der Waals surface area contributed by atoms with Crippen LogP contribution in [0.5, 0.6) is 0 Å². The smallest absolute Gasteiger partial charge is 0.348 e. The molecule has 0 saturated carbocycles. The first-order valence-electron chi connectivity index (χ1n) is 3.50. The quantitative estimate of drug-likeness (QED) is 0.488. The van der Waals surface area contributed by atoms with Gasteiger partial charge in [0.1, 0.15) is 12.4 Å². The molecule has 1 N–H and O–H groups in total. The van der Waals surface area contributed by atoms with Crippen molar-refractivity contribution in [3.05, 3.63) is 18.7 Å². The minimum atomic E-state index is -0.211.